The number of halogens is 1. The minimum atomic E-state index is -0.188. The minimum absolute atomic E-state index is 0.188. The molecule has 0 bridgehead atoms. The van der Waals surface area contributed by atoms with Crippen LogP contribution in [0.15, 0.2) is 52.3 Å². The highest BCUT2D eigenvalue weighted by molar-refractivity contribution is 7.99. The van der Waals surface area contributed by atoms with E-state index in [0.29, 0.717) is 5.92 Å². The van der Waals surface area contributed by atoms with Crippen molar-refractivity contribution in [3.8, 4) is 0 Å². The quantitative estimate of drug-likeness (QED) is 0.803. The second-order valence-electron chi connectivity index (χ2n) is 5.70. The van der Waals surface area contributed by atoms with Crippen molar-refractivity contribution in [2.24, 2.45) is 5.92 Å². The van der Waals surface area contributed by atoms with E-state index in [0.717, 1.165) is 18.0 Å². The maximum atomic E-state index is 13.3. The van der Waals surface area contributed by atoms with Crippen molar-refractivity contribution in [1.82, 2.24) is 5.32 Å². The maximum Gasteiger partial charge on any atom is 0.124 e. The molecule has 0 radical (unpaired) electrons. The third-order valence-corrected chi connectivity index (χ3v) is 4.22. The van der Waals surface area contributed by atoms with Crippen LogP contribution in [0.5, 0.6) is 0 Å². The van der Waals surface area contributed by atoms with Gasteiger partial charge in [-0.25, -0.2) is 4.39 Å². The third-order valence-electron chi connectivity index (χ3n) is 3.11. The molecule has 0 unspecified atom stereocenters. The number of benzene rings is 2. The lowest BCUT2D eigenvalue weighted by atomic mass is 10.1. The van der Waals surface area contributed by atoms with Crippen molar-refractivity contribution in [1.29, 1.82) is 0 Å². The van der Waals surface area contributed by atoms with Crippen molar-refractivity contribution >= 4 is 11.8 Å². The van der Waals surface area contributed by atoms with Crippen LogP contribution in [-0.2, 0) is 6.54 Å². The molecule has 3 heteroatoms. The highest BCUT2D eigenvalue weighted by Crippen LogP contribution is 2.31. The second-order valence-corrected chi connectivity index (χ2v) is 6.81. The van der Waals surface area contributed by atoms with Crippen molar-refractivity contribution in [3.63, 3.8) is 0 Å². The van der Waals surface area contributed by atoms with Crippen molar-refractivity contribution in [2.45, 2.75) is 37.1 Å². The zero-order valence-electron chi connectivity index (χ0n) is 12.8. The summed E-state index contributed by atoms with van der Waals surface area (Å²) in [5, 5.41) is 3.48. The Morgan fingerprint density at radius 2 is 1.95 bits per heavy atom. The molecule has 0 spiro atoms. The largest absolute Gasteiger partial charge is 0.312 e. The summed E-state index contributed by atoms with van der Waals surface area (Å²) in [4.78, 5) is 2.12. The van der Waals surface area contributed by atoms with Gasteiger partial charge in [-0.15, -0.1) is 0 Å². The molecule has 0 atom stereocenters. The molecule has 0 fully saturated rings. The molecule has 2 rings (SSSR count). The van der Waals surface area contributed by atoms with Crippen LogP contribution in [0, 0.1) is 18.7 Å². The SMILES string of the molecule is Cc1ccc(Sc2cccc(F)c2)c(CNCC(C)C)c1. The van der Waals surface area contributed by atoms with Crippen molar-refractivity contribution in [2.75, 3.05) is 6.54 Å². The number of rotatable bonds is 6. The zero-order valence-corrected chi connectivity index (χ0v) is 13.6. The van der Waals surface area contributed by atoms with E-state index in [9.17, 15) is 4.39 Å². The molecule has 0 amide bonds. The van der Waals surface area contributed by atoms with Gasteiger partial charge in [0, 0.05) is 16.3 Å². The number of hydrogen-bond donors (Lipinski definition) is 1. The molecule has 112 valence electrons. The Bertz CT molecular complexity index is 596. The van der Waals surface area contributed by atoms with Crippen molar-refractivity contribution < 1.29 is 4.39 Å². The number of hydrogen-bond acceptors (Lipinski definition) is 2. The smallest absolute Gasteiger partial charge is 0.124 e. The van der Waals surface area contributed by atoms with Gasteiger partial charge in [0.25, 0.3) is 0 Å². The Labute approximate surface area is 131 Å². The van der Waals surface area contributed by atoms with Gasteiger partial charge in [-0.05, 0) is 49.2 Å². The average molecular weight is 303 g/mol. The van der Waals surface area contributed by atoms with Gasteiger partial charge in [0.15, 0.2) is 0 Å². The molecule has 0 aliphatic carbocycles. The summed E-state index contributed by atoms with van der Waals surface area (Å²) in [5.74, 6) is 0.445. The lowest BCUT2D eigenvalue weighted by Crippen LogP contribution is -2.19. The molecular formula is C18H22FNS. The molecule has 2 aromatic carbocycles. The molecule has 0 saturated carbocycles. The van der Waals surface area contributed by atoms with E-state index in [2.05, 4.69) is 44.3 Å². The zero-order chi connectivity index (χ0) is 15.2. The monoisotopic (exact) mass is 303 g/mol. The molecule has 2 aromatic rings. The van der Waals surface area contributed by atoms with Crippen LogP contribution in [0.25, 0.3) is 0 Å². The van der Waals surface area contributed by atoms with E-state index in [4.69, 9.17) is 0 Å². The van der Waals surface area contributed by atoms with Gasteiger partial charge in [-0.2, -0.15) is 0 Å². The summed E-state index contributed by atoms with van der Waals surface area (Å²) in [6.45, 7) is 8.34. The second kappa shape index (κ2) is 7.62. The maximum absolute atomic E-state index is 13.3. The Hall–Kier alpha value is -1.32. The highest BCUT2D eigenvalue weighted by Gasteiger charge is 2.06. The van der Waals surface area contributed by atoms with Gasteiger partial charge in [0.2, 0.25) is 0 Å². The molecule has 1 nitrogen and oxygen atoms in total. The molecule has 0 heterocycles. The normalized spacial score (nSPS) is 11.1. The topological polar surface area (TPSA) is 12.0 Å². The molecule has 1 N–H and O–H groups in total. The molecule has 0 saturated heterocycles. The summed E-state index contributed by atoms with van der Waals surface area (Å²) in [6.07, 6.45) is 0. The summed E-state index contributed by atoms with van der Waals surface area (Å²) in [7, 11) is 0. The Balaban J connectivity index is 2.14. The fraction of sp³-hybridized carbons (Fsp3) is 0.333. The van der Waals surface area contributed by atoms with Crippen LogP contribution in [0.3, 0.4) is 0 Å². The van der Waals surface area contributed by atoms with E-state index >= 15 is 0 Å². The summed E-state index contributed by atoms with van der Waals surface area (Å²) in [5.41, 5.74) is 2.52. The van der Waals surface area contributed by atoms with Gasteiger partial charge in [0.05, 0.1) is 0 Å². The van der Waals surface area contributed by atoms with Crippen LogP contribution in [0.2, 0.25) is 0 Å². The van der Waals surface area contributed by atoms with Gasteiger partial charge in [-0.1, -0.05) is 49.4 Å². The van der Waals surface area contributed by atoms with E-state index in [1.165, 1.54) is 22.1 Å². The van der Waals surface area contributed by atoms with E-state index in [1.54, 1.807) is 23.9 Å². The highest BCUT2D eigenvalue weighted by atomic mass is 32.2. The first-order valence-electron chi connectivity index (χ1n) is 7.28. The molecule has 0 aromatic heterocycles. The number of aryl methyl sites for hydroxylation is 1. The summed E-state index contributed by atoms with van der Waals surface area (Å²) >= 11 is 1.62. The third kappa shape index (κ3) is 5.18. The standard InChI is InChI=1S/C18H22FNS/c1-13(2)11-20-12-15-9-14(3)7-8-18(15)21-17-6-4-5-16(19)10-17/h4-10,13,20H,11-12H2,1-3H3. The van der Waals surface area contributed by atoms with Gasteiger partial charge < -0.3 is 5.32 Å². The number of nitrogens with one attached hydrogen (secondary N) is 1. The van der Waals surface area contributed by atoms with Crippen LogP contribution in [0.4, 0.5) is 4.39 Å². The van der Waals surface area contributed by atoms with E-state index in [-0.39, 0.29) is 5.82 Å². The predicted molar refractivity (Wildman–Crippen MR) is 88.2 cm³/mol. The Kier molecular flexibility index (Phi) is 5.83. The Morgan fingerprint density at radius 1 is 1.14 bits per heavy atom. The molecule has 0 aliphatic heterocycles. The Morgan fingerprint density at radius 3 is 2.67 bits per heavy atom. The first kappa shape index (κ1) is 16.1. The molecule has 21 heavy (non-hydrogen) atoms. The first-order valence-corrected chi connectivity index (χ1v) is 8.10. The average Bonchev–Trinajstić information content (AvgIpc) is 2.41. The van der Waals surface area contributed by atoms with Crippen molar-refractivity contribution in [3.05, 3.63) is 59.4 Å². The van der Waals surface area contributed by atoms with E-state index < -0.39 is 0 Å². The molecular weight excluding hydrogens is 281 g/mol. The van der Waals surface area contributed by atoms with Gasteiger partial charge >= 0.3 is 0 Å². The summed E-state index contributed by atoms with van der Waals surface area (Å²) in [6, 6.07) is 13.2. The van der Waals surface area contributed by atoms with Gasteiger partial charge in [0.1, 0.15) is 5.82 Å². The van der Waals surface area contributed by atoms with Gasteiger partial charge in [-0.3, -0.25) is 0 Å². The van der Waals surface area contributed by atoms with Crippen LogP contribution < -0.4 is 5.32 Å². The minimum Gasteiger partial charge on any atom is -0.312 e. The fourth-order valence-corrected chi connectivity index (χ4v) is 3.07. The molecule has 0 aliphatic rings. The van der Waals surface area contributed by atoms with Crippen LogP contribution in [-0.4, -0.2) is 6.54 Å². The van der Waals surface area contributed by atoms with Crippen LogP contribution >= 0.6 is 11.8 Å². The lowest BCUT2D eigenvalue weighted by Gasteiger charge is -2.13. The first-order chi connectivity index (χ1) is 10.0. The fourth-order valence-electron chi connectivity index (χ4n) is 2.10. The summed E-state index contributed by atoms with van der Waals surface area (Å²) < 4.78 is 13.3. The lowest BCUT2D eigenvalue weighted by molar-refractivity contribution is 0.550. The van der Waals surface area contributed by atoms with E-state index in [1.807, 2.05) is 6.07 Å². The van der Waals surface area contributed by atoms with Crippen LogP contribution in [0.1, 0.15) is 25.0 Å². The predicted octanol–water partition coefficient (Wildman–Crippen LogP) is 5.03.